The zero-order valence-corrected chi connectivity index (χ0v) is 24.5. The average Bonchev–Trinajstić information content (AvgIpc) is 3.52. The molecule has 43 heavy (non-hydrogen) atoms. The molecule has 0 unspecified atom stereocenters. The number of alkyl halides is 3. The number of anilines is 1. The molecule has 2 aliphatic rings. The molecule has 9 heteroatoms. The Morgan fingerprint density at radius 2 is 1.49 bits per heavy atom. The number of carbonyl (C=O) groups is 1. The number of rotatable bonds is 10. The molecule has 1 aliphatic heterocycles. The third-order valence-corrected chi connectivity index (χ3v) is 8.91. The highest BCUT2D eigenvalue weighted by Crippen LogP contribution is 2.51. The number of hydrogen-bond acceptors (Lipinski definition) is 4. The Morgan fingerprint density at radius 1 is 0.860 bits per heavy atom. The fourth-order valence-corrected chi connectivity index (χ4v) is 6.93. The van der Waals surface area contributed by atoms with Crippen LogP contribution in [0.1, 0.15) is 43.7 Å². The van der Waals surface area contributed by atoms with Gasteiger partial charge in [0, 0.05) is 32.7 Å². The number of unbranched alkanes of at least 4 members (excludes halogenated alkanes) is 1. The van der Waals surface area contributed by atoms with Crippen molar-refractivity contribution in [2.75, 3.05) is 44.2 Å². The second-order valence-corrected chi connectivity index (χ2v) is 11.6. The number of carbonyl (C=O) groups excluding carboxylic acids is 1. The molecule has 0 spiro atoms. The van der Waals surface area contributed by atoms with Crippen LogP contribution in [0.3, 0.4) is 0 Å². The SMILES string of the molecule is CCCn1c(N2CCN(CCCCC3(C(=O)NCC(F)(F)F)c4ccccc4-c4ccccc43)CC2)nc2ccccc21. The first-order valence-corrected chi connectivity index (χ1v) is 15.3. The van der Waals surface area contributed by atoms with Crippen LogP contribution >= 0.6 is 0 Å². The standard InChI is InChI=1S/C34H38F3N5O/c1-2-18-42-30-16-8-7-15-29(30)39-32(42)41-22-20-40(21-23-41)19-10-9-17-33(31(43)38-24-34(35,36)37)27-13-5-3-11-25(27)26-12-4-6-14-28(26)33/h3-8,11-16H,2,9-10,17-24H2,1H3,(H,38,43). The normalized spacial score (nSPS) is 16.3. The van der Waals surface area contributed by atoms with E-state index < -0.39 is 24.0 Å². The lowest BCUT2D eigenvalue weighted by molar-refractivity contribution is -0.141. The minimum atomic E-state index is -4.48. The second-order valence-electron chi connectivity index (χ2n) is 11.6. The van der Waals surface area contributed by atoms with Gasteiger partial charge in [-0.1, -0.05) is 74.0 Å². The number of amides is 1. The van der Waals surface area contributed by atoms with E-state index in [4.69, 9.17) is 4.98 Å². The van der Waals surface area contributed by atoms with E-state index in [0.717, 1.165) is 85.8 Å². The summed E-state index contributed by atoms with van der Waals surface area (Å²) in [7, 11) is 0. The Bertz CT molecular complexity index is 1540. The van der Waals surface area contributed by atoms with E-state index >= 15 is 0 Å². The maximum atomic E-state index is 13.7. The van der Waals surface area contributed by atoms with Crippen molar-refractivity contribution in [2.45, 2.75) is 50.7 Å². The van der Waals surface area contributed by atoms with Crippen LogP contribution < -0.4 is 10.2 Å². The van der Waals surface area contributed by atoms with Crippen molar-refractivity contribution in [3.8, 4) is 11.1 Å². The van der Waals surface area contributed by atoms with Crippen molar-refractivity contribution in [1.29, 1.82) is 0 Å². The molecule has 1 amide bonds. The number of imidazole rings is 1. The zero-order valence-electron chi connectivity index (χ0n) is 24.5. The molecule has 1 aromatic heterocycles. The van der Waals surface area contributed by atoms with E-state index in [1.807, 2.05) is 54.6 Å². The van der Waals surface area contributed by atoms with Crippen LogP contribution in [0.5, 0.6) is 0 Å². The number of nitrogens with one attached hydrogen (secondary N) is 1. The molecule has 6 nitrogen and oxygen atoms in total. The molecule has 0 atom stereocenters. The van der Waals surface area contributed by atoms with Gasteiger partial charge >= 0.3 is 6.18 Å². The molecular formula is C34H38F3N5O. The summed E-state index contributed by atoms with van der Waals surface area (Å²) in [4.78, 5) is 23.5. The van der Waals surface area contributed by atoms with Gasteiger partial charge < -0.3 is 14.8 Å². The van der Waals surface area contributed by atoms with Crippen molar-refractivity contribution < 1.29 is 18.0 Å². The summed E-state index contributed by atoms with van der Waals surface area (Å²) in [6.45, 7) is 6.26. The van der Waals surface area contributed by atoms with Crippen LogP contribution in [0.2, 0.25) is 0 Å². The molecule has 0 saturated carbocycles. The van der Waals surface area contributed by atoms with Crippen molar-refractivity contribution in [2.24, 2.45) is 0 Å². The van der Waals surface area contributed by atoms with Crippen LogP contribution in [-0.4, -0.2) is 65.8 Å². The molecule has 2 heterocycles. The first-order valence-electron chi connectivity index (χ1n) is 15.3. The number of halogens is 3. The van der Waals surface area contributed by atoms with E-state index in [9.17, 15) is 18.0 Å². The van der Waals surface area contributed by atoms with Crippen LogP contribution in [-0.2, 0) is 16.8 Å². The molecule has 0 bridgehead atoms. The summed E-state index contributed by atoms with van der Waals surface area (Å²) < 4.78 is 41.8. The summed E-state index contributed by atoms with van der Waals surface area (Å²) in [5.74, 6) is 0.457. The van der Waals surface area contributed by atoms with Gasteiger partial charge in [0.15, 0.2) is 0 Å². The number of hydrogen-bond donors (Lipinski definition) is 1. The summed E-state index contributed by atoms with van der Waals surface area (Å²) in [6, 6.07) is 23.6. The Kier molecular flexibility index (Phi) is 8.18. The molecule has 1 N–H and O–H groups in total. The number of fused-ring (bicyclic) bond motifs is 4. The topological polar surface area (TPSA) is 53.4 Å². The predicted molar refractivity (Wildman–Crippen MR) is 164 cm³/mol. The molecule has 6 rings (SSSR count). The van der Waals surface area contributed by atoms with Crippen molar-refractivity contribution in [1.82, 2.24) is 19.8 Å². The summed E-state index contributed by atoms with van der Waals surface area (Å²) in [5, 5.41) is 2.23. The number of aryl methyl sites for hydroxylation is 1. The van der Waals surface area contributed by atoms with Crippen LogP contribution in [0.15, 0.2) is 72.8 Å². The number of aromatic nitrogens is 2. The highest BCUT2D eigenvalue weighted by atomic mass is 19.4. The number of benzene rings is 3. The Balaban J connectivity index is 1.13. The fourth-order valence-electron chi connectivity index (χ4n) is 6.93. The quantitative estimate of drug-likeness (QED) is 0.218. The van der Waals surface area contributed by atoms with E-state index in [2.05, 4.69) is 44.8 Å². The lowest BCUT2D eigenvalue weighted by Gasteiger charge is -2.36. The van der Waals surface area contributed by atoms with Crippen LogP contribution in [0.25, 0.3) is 22.2 Å². The maximum Gasteiger partial charge on any atom is 0.405 e. The Hall–Kier alpha value is -3.85. The average molecular weight is 590 g/mol. The molecular weight excluding hydrogens is 551 g/mol. The largest absolute Gasteiger partial charge is 0.405 e. The van der Waals surface area contributed by atoms with Gasteiger partial charge in [-0.15, -0.1) is 0 Å². The van der Waals surface area contributed by atoms with Gasteiger partial charge in [-0.2, -0.15) is 13.2 Å². The lowest BCUT2D eigenvalue weighted by atomic mass is 9.73. The van der Waals surface area contributed by atoms with Crippen molar-refractivity contribution >= 4 is 22.9 Å². The summed E-state index contributed by atoms with van der Waals surface area (Å²) in [5.41, 5.74) is 4.48. The molecule has 1 aliphatic carbocycles. The first-order chi connectivity index (χ1) is 20.8. The fraction of sp³-hybridized carbons (Fsp3) is 0.412. The molecule has 0 radical (unpaired) electrons. The van der Waals surface area contributed by atoms with Gasteiger partial charge in [-0.05, 0) is 60.2 Å². The van der Waals surface area contributed by atoms with E-state index in [-0.39, 0.29) is 0 Å². The highest BCUT2D eigenvalue weighted by molar-refractivity contribution is 6.00. The van der Waals surface area contributed by atoms with Gasteiger partial charge in [-0.25, -0.2) is 4.98 Å². The highest BCUT2D eigenvalue weighted by Gasteiger charge is 2.49. The van der Waals surface area contributed by atoms with E-state index in [0.29, 0.717) is 12.8 Å². The van der Waals surface area contributed by atoms with Crippen LogP contribution in [0, 0.1) is 0 Å². The smallest absolute Gasteiger partial charge is 0.346 e. The minimum absolute atomic E-state index is 0.450. The third-order valence-electron chi connectivity index (χ3n) is 8.91. The van der Waals surface area contributed by atoms with Gasteiger partial charge in [0.2, 0.25) is 11.9 Å². The van der Waals surface area contributed by atoms with Gasteiger partial charge in [0.25, 0.3) is 0 Å². The third kappa shape index (κ3) is 5.62. The maximum absolute atomic E-state index is 13.7. The van der Waals surface area contributed by atoms with E-state index in [1.54, 1.807) is 0 Å². The molecule has 1 fully saturated rings. The summed E-state index contributed by atoms with van der Waals surface area (Å²) >= 11 is 0. The van der Waals surface area contributed by atoms with Crippen molar-refractivity contribution in [3.05, 3.63) is 83.9 Å². The Morgan fingerprint density at radius 3 is 2.14 bits per heavy atom. The molecule has 4 aromatic rings. The lowest BCUT2D eigenvalue weighted by Crippen LogP contribution is -2.48. The van der Waals surface area contributed by atoms with E-state index in [1.165, 1.54) is 5.52 Å². The zero-order chi connectivity index (χ0) is 30.0. The predicted octanol–water partition coefficient (Wildman–Crippen LogP) is 6.38. The van der Waals surface area contributed by atoms with Crippen molar-refractivity contribution in [3.63, 3.8) is 0 Å². The number of para-hydroxylation sites is 2. The monoisotopic (exact) mass is 589 g/mol. The first kappa shape index (κ1) is 29.2. The number of piperazine rings is 1. The molecule has 3 aromatic carbocycles. The van der Waals surface area contributed by atoms with Gasteiger partial charge in [0.1, 0.15) is 12.0 Å². The minimum Gasteiger partial charge on any atom is -0.346 e. The van der Waals surface area contributed by atoms with Gasteiger partial charge in [0.05, 0.1) is 11.0 Å². The molecule has 1 saturated heterocycles. The van der Waals surface area contributed by atoms with Crippen LogP contribution in [0.4, 0.5) is 19.1 Å². The molecule has 226 valence electrons. The summed E-state index contributed by atoms with van der Waals surface area (Å²) in [6.07, 6.45) is -1.41. The van der Waals surface area contributed by atoms with Gasteiger partial charge in [-0.3, -0.25) is 9.69 Å². The number of nitrogens with zero attached hydrogens (tertiary/aromatic N) is 4. The second kappa shape index (κ2) is 12.0. The Labute approximate surface area is 250 Å².